The first kappa shape index (κ1) is 15.3. The van der Waals surface area contributed by atoms with Gasteiger partial charge in [0.15, 0.2) is 0 Å². The van der Waals surface area contributed by atoms with Crippen LogP contribution in [0.3, 0.4) is 0 Å². The number of nitrogens with zero attached hydrogens (tertiary/aromatic N) is 1. The molecule has 3 N–H and O–H groups in total. The fraction of sp³-hybridized carbons (Fsp3) is 0.571. The summed E-state index contributed by atoms with van der Waals surface area (Å²) in [6.45, 7) is 4.34. The van der Waals surface area contributed by atoms with Crippen LogP contribution in [0.15, 0.2) is 24.3 Å². The van der Waals surface area contributed by atoms with Crippen LogP contribution in [0.2, 0.25) is 0 Å². The molecule has 1 aliphatic carbocycles. The number of benzene rings is 1. The van der Waals surface area contributed by atoms with Gasteiger partial charge in [-0.1, -0.05) is 19.1 Å². The summed E-state index contributed by atoms with van der Waals surface area (Å²) in [5.74, 6) is 0.00281. The van der Waals surface area contributed by atoms with Gasteiger partial charge in [-0.3, -0.25) is 4.90 Å². The number of nitrogens with two attached hydrogens (primary N) is 1. The molecule has 6 heteroatoms. The Kier molecular flexibility index (Phi) is 5.01. The highest BCUT2D eigenvalue weighted by molar-refractivity contribution is 7.88. The van der Waals surface area contributed by atoms with E-state index in [0.29, 0.717) is 18.3 Å². The number of anilines is 1. The van der Waals surface area contributed by atoms with Crippen LogP contribution >= 0.6 is 0 Å². The van der Waals surface area contributed by atoms with Gasteiger partial charge >= 0.3 is 0 Å². The van der Waals surface area contributed by atoms with Gasteiger partial charge in [-0.25, -0.2) is 13.1 Å². The van der Waals surface area contributed by atoms with E-state index in [-0.39, 0.29) is 5.75 Å². The quantitative estimate of drug-likeness (QED) is 0.706. The van der Waals surface area contributed by atoms with Crippen LogP contribution < -0.4 is 10.5 Å². The number of nitrogen functional groups attached to an aromatic ring is 1. The van der Waals surface area contributed by atoms with Crippen molar-refractivity contribution >= 4 is 15.7 Å². The Morgan fingerprint density at radius 1 is 1.30 bits per heavy atom. The molecular formula is C14H23N3O2S. The summed E-state index contributed by atoms with van der Waals surface area (Å²) in [5, 5.41) is 0. The molecule has 0 saturated heterocycles. The summed E-state index contributed by atoms with van der Waals surface area (Å²) in [4.78, 5) is 2.33. The Morgan fingerprint density at radius 2 is 1.95 bits per heavy atom. The van der Waals surface area contributed by atoms with E-state index in [2.05, 4.69) is 16.5 Å². The Labute approximate surface area is 121 Å². The topological polar surface area (TPSA) is 75.4 Å². The first-order valence-corrected chi connectivity index (χ1v) is 8.71. The minimum atomic E-state index is -3.27. The second kappa shape index (κ2) is 6.56. The highest BCUT2D eigenvalue weighted by Crippen LogP contribution is 2.25. The monoisotopic (exact) mass is 297 g/mol. The molecule has 20 heavy (non-hydrogen) atoms. The number of sulfonamides is 1. The van der Waals surface area contributed by atoms with Crippen molar-refractivity contribution in [1.29, 1.82) is 0 Å². The van der Waals surface area contributed by atoms with Crippen molar-refractivity contribution in [2.45, 2.75) is 31.6 Å². The Morgan fingerprint density at radius 3 is 2.50 bits per heavy atom. The minimum absolute atomic E-state index is 0.00281. The Balaban J connectivity index is 1.79. The molecule has 0 aliphatic heterocycles. The molecular weight excluding hydrogens is 274 g/mol. The van der Waals surface area contributed by atoms with E-state index in [1.807, 2.05) is 0 Å². The zero-order chi connectivity index (χ0) is 14.6. The predicted molar refractivity (Wildman–Crippen MR) is 81.7 cm³/mol. The largest absolute Gasteiger partial charge is 0.399 e. The molecule has 1 saturated carbocycles. The molecule has 112 valence electrons. The van der Waals surface area contributed by atoms with Crippen LogP contribution in [0.5, 0.6) is 0 Å². The number of nitrogens with one attached hydrogen (secondary N) is 1. The standard InChI is InChI=1S/C14H23N3O2S/c1-2-17(14-7-8-14)10-9-16-20(18,19)11-12-3-5-13(15)6-4-12/h3-6,14,16H,2,7-11,15H2,1H3. The molecule has 1 aliphatic rings. The van der Waals surface area contributed by atoms with Crippen molar-refractivity contribution in [1.82, 2.24) is 9.62 Å². The molecule has 5 nitrogen and oxygen atoms in total. The second-order valence-electron chi connectivity index (χ2n) is 5.25. The Hall–Kier alpha value is -1.11. The summed E-state index contributed by atoms with van der Waals surface area (Å²) in [5.41, 5.74) is 6.97. The predicted octanol–water partition coefficient (Wildman–Crippen LogP) is 1.17. The third-order valence-electron chi connectivity index (χ3n) is 3.53. The lowest BCUT2D eigenvalue weighted by atomic mass is 10.2. The lowest BCUT2D eigenvalue weighted by Crippen LogP contribution is -2.36. The van der Waals surface area contributed by atoms with E-state index in [9.17, 15) is 8.42 Å². The van der Waals surface area contributed by atoms with E-state index in [4.69, 9.17) is 5.73 Å². The van der Waals surface area contributed by atoms with Gasteiger partial charge < -0.3 is 5.73 Å². The smallest absolute Gasteiger partial charge is 0.215 e. The molecule has 0 unspecified atom stereocenters. The van der Waals surface area contributed by atoms with Crippen LogP contribution in [0.1, 0.15) is 25.3 Å². The van der Waals surface area contributed by atoms with Gasteiger partial charge in [-0.15, -0.1) is 0 Å². The van der Waals surface area contributed by atoms with E-state index < -0.39 is 10.0 Å². The zero-order valence-electron chi connectivity index (χ0n) is 11.9. The molecule has 0 aromatic heterocycles. The van der Waals surface area contributed by atoms with E-state index >= 15 is 0 Å². The first-order valence-electron chi connectivity index (χ1n) is 7.06. The molecule has 0 heterocycles. The zero-order valence-corrected chi connectivity index (χ0v) is 12.7. The van der Waals surface area contributed by atoms with Crippen LogP contribution in [-0.2, 0) is 15.8 Å². The highest BCUT2D eigenvalue weighted by atomic mass is 32.2. The number of hydrogen-bond acceptors (Lipinski definition) is 4. The molecule has 0 radical (unpaired) electrons. The van der Waals surface area contributed by atoms with Gasteiger partial charge in [-0.05, 0) is 37.1 Å². The average molecular weight is 297 g/mol. The van der Waals surface area contributed by atoms with E-state index in [1.54, 1.807) is 24.3 Å². The fourth-order valence-corrected chi connectivity index (χ4v) is 3.40. The maximum Gasteiger partial charge on any atom is 0.215 e. The third kappa shape index (κ3) is 4.77. The Bertz CT molecular complexity index is 524. The maximum atomic E-state index is 12.0. The van der Waals surface area contributed by atoms with Gasteiger partial charge in [0.2, 0.25) is 10.0 Å². The molecule has 0 amide bonds. The number of hydrogen-bond donors (Lipinski definition) is 2. The van der Waals surface area contributed by atoms with Crippen LogP contribution in [0.4, 0.5) is 5.69 Å². The van der Waals surface area contributed by atoms with Crippen molar-refractivity contribution in [3.63, 3.8) is 0 Å². The average Bonchev–Trinajstić information content (AvgIpc) is 3.21. The summed E-state index contributed by atoms with van der Waals surface area (Å²) >= 11 is 0. The van der Waals surface area contributed by atoms with E-state index in [0.717, 1.165) is 18.7 Å². The van der Waals surface area contributed by atoms with E-state index in [1.165, 1.54) is 12.8 Å². The second-order valence-corrected chi connectivity index (χ2v) is 7.06. The summed E-state index contributed by atoms with van der Waals surface area (Å²) in [6.07, 6.45) is 2.48. The third-order valence-corrected chi connectivity index (χ3v) is 4.88. The molecule has 0 spiro atoms. The SMILES string of the molecule is CCN(CCNS(=O)(=O)Cc1ccc(N)cc1)C1CC1. The molecule has 1 fully saturated rings. The molecule has 2 rings (SSSR count). The minimum Gasteiger partial charge on any atom is -0.399 e. The lowest BCUT2D eigenvalue weighted by Gasteiger charge is -2.19. The van der Waals surface area contributed by atoms with Gasteiger partial charge in [0.25, 0.3) is 0 Å². The van der Waals surface area contributed by atoms with Crippen LogP contribution in [0, 0.1) is 0 Å². The van der Waals surface area contributed by atoms with Crippen molar-refractivity contribution in [3.8, 4) is 0 Å². The van der Waals surface area contributed by atoms with Crippen LogP contribution in [-0.4, -0.2) is 39.0 Å². The first-order chi connectivity index (χ1) is 9.50. The van der Waals surface area contributed by atoms with Gasteiger partial charge in [0.1, 0.15) is 0 Å². The number of likely N-dealkylation sites (N-methyl/N-ethyl adjacent to an activating group) is 1. The van der Waals surface area contributed by atoms with Gasteiger partial charge in [-0.2, -0.15) is 0 Å². The van der Waals surface area contributed by atoms with Crippen molar-refractivity contribution in [3.05, 3.63) is 29.8 Å². The van der Waals surface area contributed by atoms with Crippen molar-refractivity contribution in [2.75, 3.05) is 25.4 Å². The van der Waals surface area contributed by atoms with Crippen molar-refractivity contribution < 1.29 is 8.42 Å². The molecule has 0 atom stereocenters. The normalized spacial score (nSPS) is 15.7. The maximum absolute atomic E-state index is 12.0. The summed E-state index contributed by atoms with van der Waals surface area (Å²) < 4.78 is 26.6. The molecule has 0 bridgehead atoms. The van der Waals surface area contributed by atoms with Gasteiger partial charge in [0, 0.05) is 24.8 Å². The number of rotatable bonds is 8. The fourth-order valence-electron chi connectivity index (χ4n) is 2.27. The summed E-state index contributed by atoms with van der Waals surface area (Å²) in [6, 6.07) is 7.60. The molecule has 1 aromatic carbocycles. The van der Waals surface area contributed by atoms with Gasteiger partial charge in [0.05, 0.1) is 5.75 Å². The summed E-state index contributed by atoms with van der Waals surface area (Å²) in [7, 11) is -3.27. The lowest BCUT2D eigenvalue weighted by molar-refractivity contribution is 0.282. The van der Waals surface area contributed by atoms with Crippen LogP contribution in [0.25, 0.3) is 0 Å². The highest BCUT2D eigenvalue weighted by Gasteiger charge is 2.27. The van der Waals surface area contributed by atoms with Crippen molar-refractivity contribution in [2.24, 2.45) is 0 Å². The molecule has 1 aromatic rings.